The molecule has 0 aliphatic rings. The fraction of sp³-hybridized carbons (Fsp3) is 0.312. The van der Waals surface area contributed by atoms with Crippen molar-refractivity contribution in [3.63, 3.8) is 0 Å². The number of rotatable bonds is 7. The first-order valence-electron chi connectivity index (χ1n) is 7.91. The zero-order valence-electron chi connectivity index (χ0n) is 13.9. The Labute approximate surface area is 143 Å². The molecule has 9 nitrogen and oxygen atoms in total. The van der Waals surface area contributed by atoms with E-state index >= 15 is 0 Å². The maximum Gasteiger partial charge on any atom is 0.368 e. The smallest absolute Gasteiger partial charge is 0.368 e. The number of fused-ring (bicyclic) bond motifs is 1. The van der Waals surface area contributed by atoms with Crippen molar-refractivity contribution in [1.82, 2.24) is 19.6 Å². The van der Waals surface area contributed by atoms with Crippen LogP contribution < -0.4 is 10.1 Å². The number of imidazole rings is 1. The van der Waals surface area contributed by atoms with Gasteiger partial charge in [0.25, 0.3) is 0 Å². The number of nitro groups is 1. The molecule has 0 radical (unpaired) electrons. The molecule has 0 aliphatic heterocycles. The molecule has 3 aromatic heterocycles. The first-order chi connectivity index (χ1) is 12.1. The Morgan fingerprint density at radius 3 is 2.96 bits per heavy atom. The summed E-state index contributed by atoms with van der Waals surface area (Å²) in [6, 6.07) is 7.13. The Hall–Kier alpha value is -3.23. The van der Waals surface area contributed by atoms with Gasteiger partial charge in [-0.15, -0.1) is 0 Å². The fourth-order valence-corrected chi connectivity index (χ4v) is 2.19. The van der Waals surface area contributed by atoms with E-state index in [0.717, 1.165) is 12.0 Å². The van der Waals surface area contributed by atoms with Gasteiger partial charge >= 0.3 is 5.82 Å². The molecule has 0 bridgehead atoms. The predicted octanol–water partition coefficient (Wildman–Crippen LogP) is 2.82. The van der Waals surface area contributed by atoms with Crippen LogP contribution in [-0.2, 0) is 6.54 Å². The topological polar surface area (TPSA) is 107 Å². The van der Waals surface area contributed by atoms with Gasteiger partial charge in [0.2, 0.25) is 11.5 Å². The molecule has 3 aromatic rings. The van der Waals surface area contributed by atoms with Gasteiger partial charge < -0.3 is 20.2 Å². The minimum Gasteiger partial charge on any atom is -0.475 e. The van der Waals surface area contributed by atoms with E-state index in [4.69, 9.17) is 4.74 Å². The van der Waals surface area contributed by atoms with Crippen LogP contribution in [0.2, 0.25) is 0 Å². The van der Waals surface area contributed by atoms with Crippen molar-refractivity contribution in [3.8, 4) is 5.88 Å². The van der Waals surface area contributed by atoms with Crippen LogP contribution in [0.3, 0.4) is 0 Å². The molecule has 1 atom stereocenters. The van der Waals surface area contributed by atoms with Crippen LogP contribution in [0, 0.1) is 10.1 Å². The van der Waals surface area contributed by atoms with E-state index in [-0.39, 0.29) is 11.9 Å². The summed E-state index contributed by atoms with van der Waals surface area (Å²) in [6.45, 7) is 4.53. The van der Waals surface area contributed by atoms with E-state index in [2.05, 4.69) is 20.4 Å². The molecule has 0 amide bonds. The number of pyridine rings is 1. The van der Waals surface area contributed by atoms with Crippen molar-refractivity contribution in [3.05, 3.63) is 52.3 Å². The first kappa shape index (κ1) is 16.6. The summed E-state index contributed by atoms with van der Waals surface area (Å²) in [5.74, 6) is 0.906. The quantitative estimate of drug-likeness (QED) is 0.519. The SMILES string of the molecule is CCC(C)Oc1cc(CNc2ccc3ncc([N+](=O)[O-])n3n2)ccn1. The molecule has 1 N–H and O–H groups in total. The number of nitrogens with zero attached hydrogens (tertiary/aromatic N) is 5. The lowest BCUT2D eigenvalue weighted by atomic mass is 10.2. The Balaban J connectivity index is 1.73. The van der Waals surface area contributed by atoms with Crippen LogP contribution in [0.25, 0.3) is 5.65 Å². The van der Waals surface area contributed by atoms with Crippen LogP contribution in [-0.4, -0.2) is 30.6 Å². The van der Waals surface area contributed by atoms with Gasteiger partial charge in [-0.2, -0.15) is 0 Å². The second kappa shape index (κ2) is 7.12. The summed E-state index contributed by atoms with van der Waals surface area (Å²) in [5, 5.41) is 18.3. The van der Waals surface area contributed by atoms with Crippen LogP contribution in [0.15, 0.2) is 36.7 Å². The molecular weight excluding hydrogens is 324 g/mol. The van der Waals surface area contributed by atoms with Crippen LogP contribution in [0.5, 0.6) is 5.88 Å². The van der Waals surface area contributed by atoms with E-state index in [9.17, 15) is 10.1 Å². The van der Waals surface area contributed by atoms with Crippen molar-refractivity contribution in [2.45, 2.75) is 32.9 Å². The molecule has 0 fully saturated rings. The lowest BCUT2D eigenvalue weighted by Crippen LogP contribution is -2.11. The summed E-state index contributed by atoms with van der Waals surface area (Å²) in [7, 11) is 0. The van der Waals surface area contributed by atoms with Gasteiger partial charge in [0.1, 0.15) is 6.20 Å². The van der Waals surface area contributed by atoms with E-state index in [0.29, 0.717) is 23.9 Å². The van der Waals surface area contributed by atoms with Crippen molar-refractivity contribution in [2.24, 2.45) is 0 Å². The molecular formula is C16H18N6O3. The highest BCUT2D eigenvalue weighted by atomic mass is 16.6. The van der Waals surface area contributed by atoms with Gasteiger partial charge in [-0.05, 0) is 36.0 Å². The summed E-state index contributed by atoms with van der Waals surface area (Å²) in [4.78, 5) is 18.6. The van der Waals surface area contributed by atoms with E-state index in [1.165, 1.54) is 10.7 Å². The van der Waals surface area contributed by atoms with Crippen molar-refractivity contribution in [2.75, 3.05) is 5.32 Å². The van der Waals surface area contributed by atoms with Crippen molar-refractivity contribution < 1.29 is 9.66 Å². The Morgan fingerprint density at radius 2 is 2.20 bits per heavy atom. The zero-order chi connectivity index (χ0) is 17.8. The monoisotopic (exact) mass is 342 g/mol. The normalized spacial score (nSPS) is 12.1. The first-order valence-corrected chi connectivity index (χ1v) is 7.91. The predicted molar refractivity (Wildman–Crippen MR) is 91.6 cm³/mol. The molecule has 0 saturated carbocycles. The summed E-state index contributed by atoms with van der Waals surface area (Å²) < 4.78 is 6.90. The minimum atomic E-state index is -0.516. The van der Waals surface area contributed by atoms with Crippen LogP contribution in [0.4, 0.5) is 11.6 Å². The third-order valence-electron chi connectivity index (χ3n) is 3.70. The number of anilines is 1. The van der Waals surface area contributed by atoms with Gasteiger partial charge in [0.15, 0.2) is 5.82 Å². The number of aromatic nitrogens is 4. The molecule has 130 valence electrons. The molecule has 0 saturated heterocycles. The number of ether oxygens (including phenoxy) is 1. The lowest BCUT2D eigenvalue weighted by molar-refractivity contribution is -0.391. The molecule has 3 heterocycles. The molecule has 0 aliphatic carbocycles. The summed E-state index contributed by atoms with van der Waals surface area (Å²) in [6.07, 6.45) is 3.87. The lowest BCUT2D eigenvalue weighted by Gasteiger charge is -2.12. The van der Waals surface area contributed by atoms with Crippen molar-refractivity contribution >= 4 is 17.3 Å². The third-order valence-corrected chi connectivity index (χ3v) is 3.70. The molecule has 9 heteroatoms. The molecule has 1 unspecified atom stereocenters. The Bertz CT molecular complexity index is 894. The van der Waals surface area contributed by atoms with Gasteiger partial charge in [0, 0.05) is 24.9 Å². The minimum absolute atomic E-state index is 0.0987. The second-order valence-corrected chi connectivity index (χ2v) is 5.55. The highest BCUT2D eigenvalue weighted by molar-refractivity contribution is 5.48. The maximum absolute atomic E-state index is 11.0. The van der Waals surface area contributed by atoms with E-state index < -0.39 is 4.92 Å². The maximum atomic E-state index is 11.0. The number of hydrogen-bond donors (Lipinski definition) is 1. The fourth-order valence-electron chi connectivity index (χ4n) is 2.19. The van der Waals surface area contributed by atoms with Crippen LogP contribution in [0.1, 0.15) is 25.8 Å². The zero-order valence-corrected chi connectivity index (χ0v) is 13.9. The number of hydrogen-bond acceptors (Lipinski definition) is 7. The Kier molecular flexibility index (Phi) is 4.73. The highest BCUT2D eigenvalue weighted by Crippen LogP contribution is 2.16. The standard InChI is InChI=1S/C16H18N6O3/c1-3-11(2)25-15-8-12(6-7-17-15)9-18-13-4-5-14-19-10-16(22(23)24)21(14)20-13/h4-8,10-11H,3,9H2,1-2H3,(H,18,20). The third kappa shape index (κ3) is 3.82. The molecule has 3 rings (SSSR count). The summed E-state index contributed by atoms with van der Waals surface area (Å²) in [5.41, 5.74) is 1.39. The molecule has 0 spiro atoms. The van der Waals surface area contributed by atoms with Crippen molar-refractivity contribution in [1.29, 1.82) is 0 Å². The Morgan fingerprint density at radius 1 is 1.36 bits per heavy atom. The molecule has 0 aromatic carbocycles. The van der Waals surface area contributed by atoms with E-state index in [1.807, 2.05) is 26.0 Å². The number of nitrogens with one attached hydrogen (secondary N) is 1. The van der Waals surface area contributed by atoms with Gasteiger partial charge in [0.05, 0.1) is 6.10 Å². The van der Waals surface area contributed by atoms with Gasteiger partial charge in [-0.25, -0.2) is 9.97 Å². The average molecular weight is 342 g/mol. The van der Waals surface area contributed by atoms with E-state index in [1.54, 1.807) is 18.3 Å². The average Bonchev–Trinajstić information content (AvgIpc) is 3.03. The molecule has 25 heavy (non-hydrogen) atoms. The largest absolute Gasteiger partial charge is 0.475 e. The van der Waals surface area contributed by atoms with Gasteiger partial charge in [-0.3, -0.25) is 0 Å². The van der Waals surface area contributed by atoms with Gasteiger partial charge in [-0.1, -0.05) is 16.5 Å². The van der Waals surface area contributed by atoms with Crippen LogP contribution >= 0.6 is 0 Å². The second-order valence-electron chi connectivity index (χ2n) is 5.55. The highest BCUT2D eigenvalue weighted by Gasteiger charge is 2.15. The summed E-state index contributed by atoms with van der Waals surface area (Å²) >= 11 is 0.